The van der Waals surface area contributed by atoms with E-state index in [2.05, 4.69) is 0 Å². The van der Waals surface area contributed by atoms with Crippen LogP contribution in [0.15, 0.2) is 53.9 Å². The zero-order chi connectivity index (χ0) is 11.9. The Balaban J connectivity index is 1.80. The Bertz CT molecular complexity index is 486. The van der Waals surface area contributed by atoms with Crippen LogP contribution in [0.1, 0.15) is 15.2 Å². The predicted octanol–water partition coefficient (Wildman–Crippen LogP) is 3.62. The molecular weight excluding hydrogens is 232 g/mol. The lowest BCUT2D eigenvalue weighted by Crippen LogP contribution is -2.02. The van der Waals surface area contributed by atoms with E-state index in [1.165, 1.54) is 11.3 Å². The molecule has 0 saturated carbocycles. The van der Waals surface area contributed by atoms with Gasteiger partial charge in [0.2, 0.25) is 0 Å². The van der Waals surface area contributed by atoms with Crippen molar-refractivity contribution in [2.24, 2.45) is 0 Å². The first-order valence-corrected chi connectivity index (χ1v) is 6.16. The number of benzene rings is 1. The lowest BCUT2D eigenvalue weighted by molar-refractivity contribution is 0.0556. The Hall–Kier alpha value is -1.87. The van der Waals surface area contributed by atoms with Gasteiger partial charge in [0, 0.05) is 0 Å². The van der Waals surface area contributed by atoms with Gasteiger partial charge in [-0.15, -0.1) is 11.3 Å². The van der Waals surface area contributed by atoms with E-state index < -0.39 is 0 Å². The Kier molecular flexibility index (Phi) is 4.11. The Morgan fingerprint density at radius 1 is 1.18 bits per heavy atom. The first-order valence-electron chi connectivity index (χ1n) is 5.28. The summed E-state index contributed by atoms with van der Waals surface area (Å²) in [5.41, 5.74) is 1.10. The van der Waals surface area contributed by atoms with Crippen molar-refractivity contribution in [2.75, 3.05) is 6.61 Å². The van der Waals surface area contributed by atoms with Crippen LogP contribution in [-0.4, -0.2) is 12.6 Å². The second-order valence-electron chi connectivity index (χ2n) is 3.39. The van der Waals surface area contributed by atoms with Crippen molar-refractivity contribution < 1.29 is 9.53 Å². The van der Waals surface area contributed by atoms with Gasteiger partial charge in [-0.25, -0.2) is 4.79 Å². The molecule has 0 saturated heterocycles. The van der Waals surface area contributed by atoms with Crippen molar-refractivity contribution in [3.05, 3.63) is 64.4 Å². The SMILES string of the molecule is O=C(OCC=Cc1ccccc1)c1cccs1. The van der Waals surface area contributed by atoms with E-state index in [0.29, 0.717) is 11.5 Å². The molecule has 0 aliphatic heterocycles. The fourth-order valence-corrected chi connectivity index (χ4v) is 1.95. The third-order valence-electron chi connectivity index (χ3n) is 2.14. The zero-order valence-electron chi connectivity index (χ0n) is 9.21. The average Bonchev–Trinajstić information content (AvgIpc) is 2.89. The lowest BCUT2D eigenvalue weighted by Gasteiger charge is -1.98. The molecule has 0 spiro atoms. The molecule has 1 aromatic carbocycles. The second kappa shape index (κ2) is 6.01. The molecule has 17 heavy (non-hydrogen) atoms. The average molecular weight is 244 g/mol. The van der Waals surface area contributed by atoms with Crippen molar-refractivity contribution in [1.82, 2.24) is 0 Å². The zero-order valence-corrected chi connectivity index (χ0v) is 10.0. The summed E-state index contributed by atoms with van der Waals surface area (Å²) in [6, 6.07) is 13.5. The van der Waals surface area contributed by atoms with E-state index in [-0.39, 0.29) is 5.97 Å². The van der Waals surface area contributed by atoms with Gasteiger partial charge in [0.25, 0.3) is 0 Å². The maximum Gasteiger partial charge on any atom is 0.348 e. The fourth-order valence-electron chi connectivity index (χ4n) is 1.34. The number of hydrogen-bond acceptors (Lipinski definition) is 3. The van der Waals surface area contributed by atoms with Crippen molar-refractivity contribution in [1.29, 1.82) is 0 Å². The van der Waals surface area contributed by atoms with Crippen LogP contribution < -0.4 is 0 Å². The number of hydrogen-bond donors (Lipinski definition) is 0. The Labute approximate surface area is 104 Å². The van der Waals surface area contributed by atoms with Crippen molar-refractivity contribution in [2.45, 2.75) is 0 Å². The smallest absolute Gasteiger partial charge is 0.348 e. The first-order chi connectivity index (χ1) is 8.36. The van der Waals surface area contributed by atoms with Crippen LogP contribution in [0.3, 0.4) is 0 Å². The molecule has 0 aliphatic carbocycles. The normalized spacial score (nSPS) is 10.6. The number of carbonyl (C=O) groups is 1. The van der Waals surface area contributed by atoms with E-state index in [9.17, 15) is 4.79 Å². The second-order valence-corrected chi connectivity index (χ2v) is 4.34. The molecule has 0 fully saturated rings. The standard InChI is InChI=1S/C14H12O2S/c15-14(13-9-5-11-17-13)16-10-4-8-12-6-2-1-3-7-12/h1-9,11H,10H2. The summed E-state index contributed by atoms with van der Waals surface area (Å²) in [5.74, 6) is -0.266. The molecule has 1 aromatic heterocycles. The highest BCUT2D eigenvalue weighted by molar-refractivity contribution is 7.11. The van der Waals surface area contributed by atoms with Crippen LogP contribution in [0.2, 0.25) is 0 Å². The molecule has 2 aromatic rings. The molecule has 2 rings (SSSR count). The van der Waals surface area contributed by atoms with Crippen LogP contribution in [0.5, 0.6) is 0 Å². The molecule has 2 nitrogen and oxygen atoms in total. The largest absolute Gasteiger partial charge is 0.457 e. The molecule has 0 radical (unpaired) electrons. The monoisotopic (exact) mass is 244 g/mol. The van der Waals surface area contributed by atoms with Crippen LogP contribution in [-0.2, 0) is 4.74 Å². The highest BCUT2D eigenvalue weighted by Crippen LogP contribution is 2.09. The Morgan fingerprint density at radius 3 is 2.71 bits per heavy atom. The minimum atomic E-state index is -0.266. The molecule has 0 atom stereocenters. The maximum atomic E-state index is 11.5. The first kappa shape index (κ1) is 11.6. The number of carbonyl (C=O) groups excluding carboxylic acids is 1. The van der Waals surface area contributed by atoms with Crippen LogP contribution >= 0.6 is 11.3 Å². The summed E-state index contributed by atoms with van der Waals surface area (Å²) in [5, 5.41) is 1.86. The Morgan fingerprint density at radius 2 is 2.00 bits per heavy atom. The summed E-state index contributed by atoms with van der Waals surface area (Å²) < 4.78 is 5.09. The van der Waals surface area contributed by atoms with Gasteiger partial charge < -0.3 is 4.74 Å². The molecule has 1 heterocycles. The molecule has 3 heteroatoms. The third-order valence-corrected chi connectivity index (χ3v) is 2.99. The molecule has 0 bridgehead atoms. The van der Waals surface area contributed by atoms with Gasteiger partial charge in [0.1, 0.15) is 11.5 Å². The molecular formula is C14H12O2S. The third kappa shape index (κ3) is 3.57. The number of ether oxygens (including phenoxy) is 1. The van der Waals surface area contributed by atoms with Gasteiger partial charge in [-0.05, 0) is 23.1 Å². The minimum Gasteiger partial charge on any atom is -0.457 e. The van der Waals surface area contributed by atoms with Gasteiger partial charge in [0.05, 0.1) is 0 Å². The summed E-state index contributed by atoms with van der Waals surface area (Å²) in [6.07, 6.45) is 3.77. The van der Waals surface area contributed by atoms with E-state index in [1.807, 2.05) is 53.9 Å². The van der Waals surface area contributed by atoms with Gasteiger partial charge in [0.15, 0.2) is 0 Å². The highest BCUT2D eigenvalue weighted by Gasteiger charge is 2.05. The van der Waals surface area contributed by atoms with Gasteiger partial charge in [-0.1, -0.05) is 42.5 Å². The highest BCUT2D eigenvalue weighted by atomic mass is 32.1. The summed E-state index contributed by atoms with van der Waals surface area (Å²) in [6.45, 7) is 0.297. The summed E-state index contributed by atoms with van der Waals surface area (Å²) in [4.78, 5) is 12.1. The van der Waals surface area contributed by atoms with Crippen molar-refractivity contribution in [3.63, 3.8) is 0 Å². The van der Waals surface area contributed by atoms with Crippen LogP contribution in [0, 0.1) is 0 Å². The summed E-state index contributed by atoms with van der Waals surface area (Å²) >= 11 is 1.39. The van der Waals surface area contributed by atoms with E-state index in [0.717, 1.165) is 5.56 Å². The van der Waals surface area contributed by atoms with E-state index in [1.54, 1.807) is 6.07 Å². The lowest BCUT2D eigenvalue weighted by atomic mass is 10.2. The predicted molar refractivity (Wildman–Crippen MR) is 70.1 cm³/mol. The van der Waals surface area contributed by atoms with Crippen molar-refractivity contribution in [3.8, 4) is 0 Å². The van der Waals surface area contributed by atoms with Crippen LogP contribution in [0.25, 0.3) is 6.08 Å². The molecule has 0 amide bonds. The number of rotatable bonds is 4. The molecule has 0 N–H and O–H groups in total. The van der Waals surface area contributed by atoms with Crippen molar-refractivity contribution >= 4 is 23.4 Å². The quantitative estimate of drug-likeness (QED) is 0.768. The molecule has 86 valence electrons. The number of thiophene rings is 1. The minimum absolute atomic E-state index is 0.266. The fraction of sp³-hybridized carbons (Fsp3) is 0.0714. The molecule has 0 unspecified atom stereocenters. The summed E-state index contributed by atoms with van der Waals surface area (Å²) in [7, 11) is 0. The van der Waals surface area contributed by atoms with E-state index >= 15 is 0 Å². The van der Waals surface area contributed by atoms with Crippen LogP contribution in [0.4, 0.5) is 0 Å². The van der Waals surface area contributed by atoms with E-state index in [4.69, 9.17) is 4.74 Å². The van der Waals surface area contributed by atoms with Gasteiger partial charge in [-0.2, -0.15) is 0 Å². The van der Waals surface area contributed by atoms with Gasteiger partial charge >= 0.3 is 5.97 Å². The topological polar surface area (TPSA) is 26.3 Å². The number of esters is 1. The van der Waals surface area contributed by atoms with Gasteiger partial charge in [-0.3, -0.25) is 0 Å². The maximum absolute atomic E-state index is 11.5. The molecule has 0 aliphatic rings.